The summed E-state index contributed by atoms with van der Waals surface area (Å²) in [7, 11) is 0. The normalized spacial score (nSPS) is 14.7. The van der Waals surface area contributed by atoms with Crippen LogP contribution in [0.4, 0.5) is 14.5 Å². The SMILES string of the molecule is CCn1ncc(C(=O)NC2N=C(c3ccccc3)c3ccccc3NC2=O)c1Oc1c(F)cc(C)cc1F. The van der Waals surface area contributed by atoms with Crippen molar-refractivity contribution in [2.75, 3.05) is 5.32 Å². The highest BCUT2D eigenvalue weighted by atomic mass is 19.1. The molecule has 0 saturated carbocycles. The second-order valence-electron chi connectivity index (χ2n) is 8.59. The van der Waals surface area contributed by atoms with E-state index < -0.39 is 35.4 Å². The number of fused-ring (bicyclic) bond motifs is 1. The van der Waals surface area contributed by atoms with E-state index >= 15 is 0 Å². The zero-order chi connectivity index (χ0) is 26.8. The van der Waals surface area contributed by atoms with Crippen LogP contribution in [0.5, 0.6) is 11.6 Å². The third-order valence-electron chi connectivity index (χ3n) is 5.94. The zero-order valence-corrected chi connectivity index (χ0v) is 20.5. The molecular weight excluding hydrogens is 492 g/mol. The first-order chi connectivity index (χ1) is 18.4. The van der Waals surface area contributed by atoms with Gasteiger partial charge in [-0.2, -0.15) is 5.10 Å². The number of benzodiazepines with no additional fused rings is 1. The Balaban J connectivity index is 1.50. The number of carbonyl (C=O) groups is 2. The second kappa shape index (κ2) is 10.3. The average molecular weight is 516 g/mol. The minimum atomic E-state index is -1.31. The Bertz CT molecular complexity index is 1540. The molecule has 0 bridgehead atoms. The van der Waals surface area contributed by atoms with E-state index in [0.29, 0.717) is 22.5 Å². The Labute approximate surface area is 217 Å². The number of rotatable bonds is 6. The van der Waals surface area contributed by atoms with Crippen molar-refractivity contribution in [1.82, 2.24) is 15.1 Å². The van der Waals surface area contributed by atoms with Crippen LogP contribution in [0, 0.1) is 18.6 Å². The predicted octanol–water partition coefficient (Wildman–Crippen LogP) is 4.83. The lowest BCUT2D eigenvalue weighted by Gasteiger charge is -2.15. The van der Waals surface area contributed by atoms with E-state index in [-0.39, 0.29) is 18.0 Å². The van der Waals surface area contributed by atoms with Crippen LogP contribution in [0.2, 0.25) is 0 Å². The summed E-state index contributed by atoms with van der Waals surface area (Å²) >= 11 is 0. The minimum absolute atomic E-state index is 0.114. The van der Waals surface area contributed by atoms with Crippen LogP contribution in [-0.2, 0) is 11.3 Å². The number of amides is 2. The van der Waals surface area contributed by atoms with Gasteiger partial charge in [-0.15, -0.1) is 0 Å². The molecule has 38 heavy (non-hydrogen) atoms. The number of nitrogens with zero attached hydrogens (tertiary/aromatic N) is 3. The topological polar surface area (TPSA) is 97.6 Å². The Morgan fingerprint density at radius 1 is 1.08 bits per heavy atom. The highest BCUT2D eigenvalue weighted by Gasteiger charge is 2.30. The number of ether oxygens (including phenoxy) is 1. The molecule has 1 unspecified atom stereocenters. The van der Waals surface area contributed by atoms with Gasteiger partial charge in [-0.25, -0.2) is 18.5 Å². The zero-order valence-electron chi connectivity index (χ0n) is 20.5. The van der Waals surface area contributed by atoms with Crippen LogP contribution in [0.3, 0.4) is 0 Å². The number of anilines is 1. The number of aryl methyl sites for hydroxylation is 2. The molecular formula is C28H23F2N5O3. The molecule has 0 saturated heterocycles. The molecule has 1 aromatic heterocycles. The molecule has 0 spiro atoms. The molecule has 1 atom stereocenters. The van der Waals surface area contributed by atoms with Gasteiger partial charge in [0.2, 0.25) is 17.8 Å². The minimum Gasteiger partial charge on any atom is -0.432 e. The number of hydrogen-bond acceptors (Lipinski definition) is 5. The molecule has 1 aliphatic heterocycles. The van der Waals surface area contributed by atoms with E-state index in [0.717, 1.165) is 17.7 Å². The van der Waals surface area contributed by atoms with E-state index in [9.17, 15) is 18.4 Å². The highest BCUT2D eigenvalue weighted by Crippen LogP contribution is 2.31. The van der Waals surface area contributed by atoms with Crippen molar-refractivity contribution in [3.05, 3.63) is 107 Å². The molecule has 8 nitrogen and oxygen atoms in total. The predicted molar refractivity (Wildman–Crippen MR) is 137 cm³/mol. The van der Waals surface area contributed by atoms with E-state index in [1.165, 1.54) is 10.9 Å². The third-order valence-corrected chi connectivity index (χ3v) is 5.94. The molecule has 2 N–H and O–H groups in total. The molecule has 4 aromatic rings. The van der Waals surface area contributed by atoms with Crippen molar-refractivity contribution in [2.45, 2.75) is 26.6 Å². The van der Waals surface area contributed by atoms with Crippen molar-refractivity contribution in [1.29, 1.82) is 0 Å². The van der Waals surface area contributed by atoms with Crippen molar-refractivity contribution in [3.63, 3.8) is 0 Å². The lowest BCUT2D eigenvalue weighted by atomic mass is 10.0. The first-order valence-corrected chi connectivity index (χ1v) is 11.9. The van der Waals surface area contributed by atoms with E-state index in [1.807, 2.05) is 42.5 Å². The molecule has 2 heterocycles. The first kappa shape index (κ1) is 24.8. The molecule has 1 aliphatic rings. The van der Waals surface area contributed by atoms with Gasteiger partial charge in [-0.3, -0.25) is 9.59 Å². The molecule has 3 aromatic carbocycles. The summed E-state index contributed by atoms with van der Waals surface area (Å²) < 4.78 is 35.8. The quantitative estimate of drug-likeness (QED) is 0.385. The van der Waals surface area contributed by atoms with Crippen molar-refractivity contribution < 1.29 is 23.1 Å². The van der Waals surface area contributed by atoms with Gasteiger partial charge in [0.1, 0.15) is 5.56 Å². The van der Waals surface area contributed by atoms with Crippen LogP contribution < -0.4 is 15.4 Å². The summed E-state index contributed by atoms with van der Waals surface area (Å²) in [5.74, 6) is -3.98. The largest absolute Gasteiger partial charge is 0.432 e. The van der Waals surface area contributed by atoms with Crippen molar-refractivity contribution >= 4 is 23.2 Å². The molecule has 5 rings (SSSR count). The molecule has 2 amide bonds. The maximum absolute atomic E-state index is 14.5. The average Bonchev–Trinajstić information content (AvgIpc) is 3.26. The van der Waals surface area contributed by atoms with E-state index in [4.69, 9.17) is 4.74 Å². The fraction of sp³-hybridized carbons (Fsp3) is 0.143. The Kier molecular flexibility index (Phi) is 6.69. The van der Waals surface area contributed by atoms with Gasteiger partial charge in [0.15, 0.2) is 11.6 Å². The fourth-order valence-electron chi connectivity index (χ4n) is 4.13. The van der Waals surface area contributed by atoms with Gasteiger partial charge in [0.05, 0.1) is 17.6 Å². The lowest BCUT2D eigenvalue weighted by Crippen LogP contribution is -2.42. The van der Waals surface area contributed by atoms with Gasteiger partial charge in [-0.05, 0) is 37.6 Å². The van der Waals surface area contributed by atoms with Crippen LogP contribution in [0.15, 0.2) is 77.9 Å². The fourth-order valence-corrected chi connectivity index (χ4v) is 4.13. The Morgan fingerprint density at radius 2 is 1.76 bits per heavy atom. The summed E-state index contributed by atoms with van der Waals surface area (Å²) in [5.41, 5.74) is 2.76. The van der Waals surface area contributed by atoms with Crippen molar-refractivity contribution in [3.8, 4) is 11.6 Å². The summed E-state index contributed by atoms with van der Waals surface area (Å²) in [5, 5.41) is 9.51. The standard InChI is InChI=1S/C28H23F2N5O3/c1-3-35-28(38-24-20(29)13-16(2)14-21(24)30)19(15-31-35)26(36)34-25-27(37)32-22-12-8-7-11-18(22)23(33-25)17-9-5-4-6-10-17/h4-15,25H,3H2,1-2H3,(H,32,37)(H,34,36). The van der Waals surface area contributed by atoms with Crippen molar-refractivity contribution in [2.24, 2.45) is 4.99 Å². The molecule has 0 fully saturated rings. The molecule has 0 radical (unpaired) electrons. The number of hydrogen-bond donors (Lipinski definition) is 2. The van der Waals surface area contributed by atoms with Crippen LogP contribution in [-0.4, -0.2) is 33.5 Å². The number of para-hydroxylation sites is 1. The number of aromatic nitrogens is 2. The van der Waals surface area contributed by atoms with E-state index in [2.05, 4.69) is 20.7 Å². The number of aliphatic imine (C=N–C) groups is 1. The third kappa shape index (κ3) is 4.75. The van der Waals surface area contributed by atoms with Gasteiger partial charge in [0.25, 0.3) is 11.8 Å². The highest BCUT2D eigenvalue weighted by molar-refractivity contribution is 6.20. The Hall–Kier alpha value is -4.86. The second-order valence-corrected chi connectivity index (χ2v) is 8.59. The molecule has 10 heteroatoms. The smallest absolute Gasteiger partial charge is 0.269 e. The number of halogens is 2. The van der Waals surface area contributed by atoms with Gasteiger partial charge in [0, 0.05) is 17.7 Å². The number of benzene rings is 3. The number of nitrogens with one attached hydrogen (secondary N) is 2. The maximum atomic E-state index is 14.5. The monoisotopic (exact) mass is 515 g/mol. The first-order valence-electron chi connectivity index (χ1n) is 11.9. The number of carbonyl (C=O) groups excluding carboxylic acids is 2. The van der Waals surface area contributed by atoms with Crippen LogP contribution in [0.1, 0.15) is 34.0 Å². The van der Waals surface area contributed by atoms with E-state index in [1.54, 1.807) is 26.0 Å². The summed E-state index contributed by atoms with van der Waals surface area (Å²) in [4.78, 5) is 31.1. The van der Waals surface area contributed by atoms with Crippen LogP contribution in [0.25, 0.3) is 0 Å². The maximum Gasteiger partial charge on any atom is 0.269 e. The summed E-state index contributed by atoms with van der Waals surface area (Å²) in [6.45, 7) is 3.54. The molecule has 0 aliphatic carbocycles. The van der Waals surface area contributed by atoms with Gasteiger partial charge >= 0.3 is 0 Å². The molecule has 192 valence electrons. The summed E-state index contributed by atoms with van der Waals surface area (Å²) in [6, 6.07) is 18.7. The Morgan fingerprint density at radius 3 is 2.47 bits per heavy atom. The summed E-state index contributed by atoms with van der Waals surface area (Å²) in [6.07, 6.45) is -0.0978. The van der Waals surface area contributed by atoms with Gasteiger partial charge in [-0.1, -0.05) is 48.5 Å². The van der Waals surface area contributed by atoms with Gasteiger partial charge < -0.3 is 15.4 Å². The lowest BCUT2D eigenvalue weighted by molar-refractivity contribution is -0.117. The van der Waals surface area contributed by atoms with Crippen LogP contribution >= 0.6 is 0 Å².